The number of aryl methyl sites for hydroxylation is 1. The van der Waals surface area contributed by atoms with Crippen LogP contribution in [0.15, 0.2) is 42.5 Å². The van der Waals surface area contributed by atoms with Crippen LogP contribution in [0.3, 0.4) is 0 Å². The van der Waals surface area contributed by atoms with Gasteiger partial charge in [-0.15, -0.1) is 0 Å². The van der Waals surface area contributed by atoms with Gasteiger partial charge in [0.1, 0.15) is 0 Å². The van der Waals surface area contributed by atoms with Crippen molar-refractivity contribution in [2.75, 3.05) is 17.5 Å². The Morgan fingerprint density at radius 3 is 2.50 bits per heavy atom. The van der Waals surface area contributed by atoms with Crippen LogP contribution < -0.4 is 4.72 Å². The second-order valence-corrected chi connectivity index (χ2v) is 7.90. The van der Waals surface area contributed by atoms with E-state index in [4.69, 9.17) is 0 Å². The number of sulfonamides is 1. The van der Waals surface area contributed by atoms with Crippen molar-refractivity contribution < 1.29 is 13.2 Å². The van der Waals surface area contributed by atoms with Gasteiger partial charge in [0.25, 0.3) is 5.91 Å². The highest BCUT2D eigenvalue weighted by molar-refractivity contribution is 7.92. The zero-order valence-corrected chi connectivity index (χ0v) is 14.6. The van der Waals surface area contributed by atoms with Crippen LogP contribution in [0.5, 0.6) is 0 Å². The molecule has 0 saturated heterocycles. The average Bonchev–Trinajstić information content (AvgIpc) is 2.54. The highest BCUT2D eigenvalue weighted by atomic mass is 32.2. The maximum atomic E-state index is 12.7. The molecular weight excluding hydrogens is 324 g/mol. The van der Waals surface area contributed by atoms with Crippen LogP contribution >= 0.6 is 0 Å². The van der Waals surface area contributed by atoms with Crippen molar-refractivity contribution in [2.45, 2.75) is 19.9 Å². The lowest BCUT2D eigenvalue weighted by Crippen LogP contribution is -2.35. The fourth-order valence-electron chi connectivity index (χ4n) is 2.96. The van der Waals surface area contributed by atoms with Gasteiger partial charge in [-0.2, -0.15) is 0 Å². The monoisotopic (exact) mass is 344 g/mol. The Labute approximate surface area is 142 Å². The third-order valence-electron chi connectivity index (χ3n) is 4.19. The number of amides is 1. The van der Waals surface area contributed by atoms with Crippen LogP contribution in [0.25, 0.3) is 0 Å². The molecule has 0 spiro atoms. The molecule has 0 saturated carbocycles. The molecule has 2 aromatic carbocycles. The van der Waals surface area contributed by atoms with Crippen molar-refractivity contribution in [1.29, 1.82) is 0 Å². The number of nitrogens with one attached hydrogen (secondary N) is 1. The van der Waals surface area contributed by atoms with Crippen LogP contribution in [0, 0.1) is 6.92 Å². The minimum absolute atomic E-state index is 0.0292. The Morgan fingerprint density at radius 2 is 1.83 bits per heavy atom. The first-order valence-corrected chi connectivity index (χ1v) is 9.67. The lowest BCUT2D eigenvalue weighted by atomic mass is 9.99. The lowest BCUT2D eigenvalue weighted by molar-refractivity contribution is 0.0734. The summed E-state index contributed by atoms with van der Waals surface area (Å²) in [5.41, 5.74) is 4.28. The summed E-state index contributed by atoms with van der Waals surface area (Å²) in [5, 5.41) is 0. The number of nitrogens with zero attached hydrogens (tertiary/aromatic N) is 1. The molecule has 1 amide bonds. The molecule has 0 aromatic heterocycles. The van der Waals surface area contributed by atoms with Crippen LogP contribution in [-0.4, -0.2) is 32.0 Å². The molecule has 1 aliphatic rings. The summed E-state index contributed by atoms with van der Waals surface area (Å²) in [5.74, 6) is -0.0292. The molecule has 3 rings (SSSR count). The van der Waals surface area contributed by atoms with Gasteiger partial charge in [-0.1, -0.05) is 24.3 Å². The van der Waals surface area contributed by atoms with Crippen molar-refractivity contribution in [3.63, 3.8) is 0 Å². The minimum atomic E-state index is -3.33. The van der Waals surface area contributed by atoms with Crippen molar-refractivity contribution in [1.82, 2.24) is 4.90 Å². The Hall–Kier alpha value is -2.34. The molecule has 1 heterocycles. The van der Waals surface area contributed by atoms with Gasteiger partial charge in [0.2, 0.25) is 10.0 Å². The maximum Gasteiger partial charge on any atom is 0.254 e. The number of fused-ring (bicyclic) bond motifs is 1. The summed E-state index contributed by atoms with van der Waals surface area (Å²) in [4.78, 5) is 14.6. The minimum Gasteiger partial charge on any atom is -0.334 e. The van der Waals surface area contributed by atoms with E-state index in [2.05, 4.69) is 16.9 Å². The van der Waals surface area contributed by atoms with E-state index in [-0.39, 0.29) is 5.91 Å². The fourth-order valence-corrected chi connectivity index (χ4v) is 3.59. The highest BCUT2D eigenvalue weighted by Gasteiger charge is 2.22. The van der Waals surface area contributed by atoms with E-state index < -0.39 is 10.0 Å². The van der Waals surface area contributed by atoms with Gasteiger partial charge in [-0.25, -0.2) is 8.42 Å². The molecule has 0 bridgehead atoms. The summed E-state index contributed by atoms with van der Waals surface area (Å²) >= 11 is 0. The van der Waals surface area contributed by atoms with Gasteiger partial charge < -0.3 is 4.90 Å². The summed E-state index contributed by atoms with van der Waals surface area (Å²) < 4.78 is 25.2. The zero-order chi connectivity index (χ0) is 17.3. The molecule has 6 heteroatoms. The average molecular weight is 344 g/mol. The van der Waals surface area contributed by atoms with Gasteiger partial charge >= 0.3 is 0 Å². The molecule has 1 aliphatic heterocycles. The second-order valence-electron chi connectivity index (χ2n) is 6.15. The number of benzene rings is 2. The van der Waals surface area contributed by atoms with Crippen molar-refractivity contribution in [2.24, 2.45) is 0 Å². The number of hydrogen-bond donors (Lipinski definition) is 1. The molecule has 0 aliphatic carbocycles. The van der Waals surface area contributed by atoms with E-state index in [1.807, 2.05) is 17.0 Å². The molecule has 126 valence electrons. The third-order valence-corrected chi connectivity index (χ3v) is 4.78. The SMILES string of the molecule is Cc1cc(C(=O)N2CCc3ccccc3C2)ccc1NS(C)(=O)=O. The number of rotatable bonds is 3. The van der Waals surface area contributed by atoms with Crippen molar-refractivity contribution in [3.8, 4) is 0 Å². The van der Waals surface area contributed by atoms with E-state index in [1.54, 1.807) is 25.1 Å². The summed E-state index contributed by atoms with van der Waals surface area (Å²) in [7, 11) is -3.33. The van der Waals surface area contributed by atoms with E-state index in [1.165, 1.54) is 11.1 Å². The maximum absolute atomic E-state index is 12.7. The number of hydrogen-bond acceptors (Lipinski definition) is 3. The largest absolute Gasteiger partial charge is 0.334 e. The molecule has 0 atom stereocenters. The van der Waals surface area contributed by atoms with E-state index >= 15 is 0 Å². The van der Waals surface area contributed by atoms with Crippen LogP contribution in [-0.2, 0) is 23.0 Å². The van der Waals surface area contributed by atoms with Crippen LogP contribution in [0.4, 0.5) is 5.69 Å². The first kappa shape index (κ1) is 16.5. The summed E-state index contributed by atoms with van der Waals surface area (Å²) in [6.07, 6.45) is 1.96. The van der Waals surface area contributed by atoms with Crippen LogP contribution in [0.2, 0.25) is 0 Å². The van der Waals surface area contributed by atoms with Crippen molar-refractivity contribution >= 4 is 21.6 Å². The molecule has 0 fully saturated rings. The van der Waals surface area contributed by atoms with Gasteiger partial charge in [0.15, 0.2) is 0 Å². The molecule has 0 radical (unpaired) electrons. The molecule has 2 aromatic rings. The second kappa shape index (κ2) is 6.28. The van der Waals surface area contributed by atoms with E-state index in [9.17, 15) is 13.2 Å². The first-order valence-electron chi connectivity index (χ1n) is 7.78. The predicted molar refractivity (Wildman–Crippen MR) is 94.5 cm³/mol. The van der Waals surface area contributed by atoms with E-state index in [0.717, 1.165) is 18.2 Å². The van der Waals surface area contributed by atoms with Gasteiger partial charge in [-0.05, 0) is 48.2 Å². The topological polar surface area (TPSA) is 66.5 Å². The summed E-state index contributed by atoms with van der Waals surface area (Å²) in [6.45, 7) is 3.09. The standard InChI is InChI=1S/C18H20N2O3S/c1-13-11-15(7-8-17(13)19-24(2,22)23)18(21)20-10-9-14-5-3-4-6-16(14)12-20/h3-8,11,19H,9-10,12H2,1-2H3. The Bertz CT molecular complexity index is 891. The predicted octanol–water partition coefficient (Wildman–Crippen LogP) is 2.57. The smallest absolute Gasteiger partial charge is 0.254 e. The van der Waals surface area contributed by atoms with E-state index in [0.29, 0.717) is 24.3 Å². The fraction of sp³-hybridized carbons (Fsp3) is 0.278. The quantitative estimate of drug-likeness (QED) is 0.930. The molecule has 0 unspecified atom stereocenters. The highest BCUT2D eigenvalue weighted by Crippen LogP contribution is 2.22. The lowest BCUT2D eigenvalue weighted by Gasteiger charge is -2.29. The van der Waals surface area contributed by atoms with Crippen LogP contribution in [0.1, 0.15) is 27.0 Å². The summed E-state index contributed by atoms with van der Waals surface area (Å²) in [6, 6.07) is 13.2. The number of anilines is 1. The third kappa shape index (κ3) is 3.59. The Kier molecular flexibility index (Phi) is 4.32. The Balaban J connectivity index is 1.80. The van der Waals surface area contributed by atoms with Gasteiger partial charge in [-0.3, -0.25) is 9.52 Å². The van der Waals surface area contributed by atoms with Gasteiger partial charge in [0, 0.05) is 18.7 Å². The number of carbonyl (C=O) groups excluding carboxylic acids is 1. The Morgan fingerprint density at radius 1 is 1.12 bits per heavy atom. The molecule has 24 heavy (non-hydrogen) atoms. The number of carbonyl (C=O) groups is 1. The molecule has 1 N–H and O–H groups in total. The zero-order valence-electron chi connectivity index (χ0n) is 13.7. The first-order chi connectivity index (χ1) is 11.3. The van der Waals surface area contributed by atoms with Crippen molar-refractivity contribution in [3.05, 3.63) is 64.7 Å². The van der Waals surface area contributed by atoms with Gasteiger partial charge in [0.05, 0.1) is 11.9 Å². The molecular formula is C18H20N2O3S. The molecule has 5 nitrogen and oxygen atoms in total. The normalized spacial score (nSPS) is 14.2.